The summed E-state index contributed by atoms with van der Waals surface area (Å²) >= 11 is 0. The molecule has 2 aliphatic heterocycles. The minimum atomic E-state index is -0.296. The number of nitrogens with one attached hydrogen (secondary N) is 1. The van der Waals surface area contributed by atoms with E-state index < -0.39 is 0 Å². The fourth-order valence-corrected chi connectivity index (χ4v) is 4.94. The molecule has 0 aromatic carbocycles. The molecule has 1 amide bonds. The molecule has 1 aromatic rings. The van der Waals surface area contributed by atoms with Gasteiger partial charge in [0, 0.05) is 32.0 Å². The van der Waals surface area contributed by atoms with E-state index in [9.17, 15) is 4.79 Å². The van der Waals surface area contributed by atoms with Crippen LogP contribution in [0.3, 0.4) is 0 Å². The number of morpholine rings is 1. The maximum absolute atomic E-state index is 12.8. The Balaban J connectivity index is 1.25. The predicted octanol–water partition coefficient (Wildman–Crippen LogP) is 1.29. The molecule has 2 saturated heterocycles. The number of nitrogens with zero attached hydrogens (tertiary/aromatic N) is 3. The van der Waals surface area contributed by atoms with Gasteiger partial charge in [-0.3, -0.25) is 4.79 Å². The summed E-state index contributed by atoms with van der Waals surface area (Å²) in [5.74, 6) is 0.886. The zero-order valence-electron chi connectivity index (χ0n) is 15.0. The molecular weight excluding hydrogens is 332 g/mol. The van der Waals surface area contributed by atoms with E-state index in [1.807, 2.05) is 6.07 Å². The molecule has 5 rings (SSSR count). The van der Waals surface area contributed by atoms with Crippen LogP contribution in [0.5, 0.6) is 0 Å². The molecule has 3 heterocycles. The number of ether oxygens (including phenoxy) is 2. The quantitative estimate of drug-likeness (QED) is 0.874. The van der Waals surface area contributed by atoms with Crippen molar-refractivity contribution in [3.8, 4) is 0 Å². The Kier molecular flexibility index (Phi) is 3.90. The second-order valence-corrected chi connectivity index (χ2v) is 8.37. The second-order valence-electron chi connectivity index (χ2n) is 8.37. The normalized spacial score (nSPS) is 34.7. The summed E-state index contributed by atoms with van der Waals surface area (Å²) in [5, 5.41) is 3.16. The van der Waals surface area contributed by atoms with Crippen LogP contribution in [0.25, 0.3) is 0 Å². The second kappa shape index (κ2) is 6.16. The van der Waals surface area contributed by atoms with E-state index in [-0.39, 0.29) is 29.1 Å². The van der Waals surface area contributed by atoms with Crippen LogP contribution in [0, 0.1) is 5.41 Å². The summed E-state index contributed by atoms with van der Waals surface area (Å²) in [6.07, 6.45) is 9.97. The number of carbonyl (C=O) groups is 1. The Hall–Kier alpha value is -1.73. The Bertz CT molecular complexity index is 671. The van der Waals surface area contributed by atoms with Crippen molar-refractivity contribution >= 4 is 11.9 Å². The summed E-state index contributed by atoms with van der Waals surface area (Å²) < 4.78 is 12.1. The first-order chi connectivity index (χ1) is 12.7. The van der Waals surface area contributed by atoms with E-state index in [1.54, 1.807) is 12.4 Å². The van der Waals surface area contributed by atoms with Crippen LogP contribution in [0.15, 0.2) is 18.5 Å². The molecule has 1 spiro atoms. The highest BCUT2D eigenvalue weighted by molar-refractivity contribution is 5.83. The molecule has 3 atom stereocenters. The highest BCUT2D eigenvalue weighted by Crippen LogP contribution is 2.46. The van der Waals surface area contributed by atoms with Crippen molar-refractivity contribution in [2.45, 2.75) is 56.3 Å². The summed E-state index contributed by atoms with van der Waals surface area (Å²) in [6.45, 7) is 2.65. The SMILES string of the molecule is O=C(NCC1CN(c2ncccn2)CC2(CCC2)O1)C12CCC(C1)OC2. The molecule has 2 aliphatic carbocycles. The number of hydrogen-bond donors (Lipinski definition) is 1. The number of hydrogen-bond acceptors (Lipinski definition) is 6. The topological polar surface area (TPSA) is 76.6 Å². The van der Waals surface area contributed by atoms with Crippen molar-refractivity contribution in [2.75, 3.05) is 31.1 Å². The van der Waals surface area contributed by atoms with E-state index in [1.165, 1.54) is 6.42 Å². The van der Waals surface area contributed by atoms with Gasteiger partial charge in [0.15, 0.2) is 0 Å². The van der Waals surface area contributed by atoms with Crippen LogP contribution >= 0.6 is 0 Å². The van der Waals surface area contributed by atoms with Gasteiger partial charge in [-0.1, -0.05) is 0 Å². The summed E-state index contributed by atoms with van der Waals surface area (Å²) in [5.41, 5.74) is -0.393. The van der Waals surface area contributed by atoms with Gasteiger partial charge in [0.2, 0.25) is 11.9 Å². The van der Waals surface area contributed by atoms with E-state index in [2.05, 4.69) is 20.2 Å². The van der Waals surface area contributed by atoms with Gasteiger partial charge in [0.25, 0.3) is 0 Å². The first-order valence-corrected chi connectivity index (χ1v) is 9.76. The first-order valence-electron chi connectivity index (χ1n) is 9.76. The number of fused-ring (bicyclic) bond motifs is 2. The first kappa shape index (κ1) is 16.4. The van der Waals surface area contributed by atoms with Crippen LogP contribution in [0.1, 0.15) is 38.5 Å². The van der Waals surface area contributed by atoms with Crippen molar-refractivity contribution in [1.82, 2.24) is 15.3 Å². The number of amides is 1. The Morgan fingerprint density at radius 1 is 1.31 bits per heavy atom. The number of aromatic nitrogens is 2. The molecule has 1 aromatic heterocycles. The maximum atomic E-state index is 12.8. The zero-order chi connectivity index (χ0) is 17.6. The number of anilines is 1. The summed E-state index contributed by atoms with van der Waals surface area (Å²) in [7, 11) is 0. The van der Waals surface area contributed by atoms with Crippen LogP contribution < -0.4 is 10.2 Å². The van der Waals surface area contributed by atoms with Gasteiger partial charge >= 0.3 is 0 Å². The Morgan fingerprint density at radius 2 is 2.15 bits per heavy atom. The van der Waals surface area contributed by atoms with Crippen molar-refractivity contribution < 1.29 is 14.3 Å². The van der Waals surface area contributed by atoms with Crippen molar-refractivity contribution in [1.29, 1.82) is 0 Å². The molecule has 4 aliphatic rings. The van der Waals surface area contributed by atoms with Gasteiger partial charge in [-0.15, -0.1) is 0 Å². The smallest absolute Gasteiger partial charge is 0.228 e. The zero-order valence-corrected chi connectivity index (χ0v) is 15.0. The monoisotopic (exact) mass is 358 g/mol. The predicted molar refractivity (Wildman–Crippen MR) is 94.7 cm³/mol. The molecule has 3 unspecified atom stereocenters. The minimum Gasteiger partial charge on any atom is -0.377 e. The van der Waals surface area contributed by atoms with Gasteiger partial charge in [0.1, 0.15) is 0 Å². The summed E-state index contributed by atoms with van der Waals surface area (Å²) in [6, 6.07) is 1.83. The van der Waals surface area contributed by atoms with Gasteiger partial charge in [-0.2, -0.15) is 0 Å². The third-order valence-electron chi connectivity index (χ3n) is 6.55. The van der Waals surface area contributed by atoms with Crippen LogP contribution in [-0.2, 0) is 14.3 Å². The number of rotatable bonds is 4. The fraction of sp³-hybridized carbons (Fsp3) is 0.737. The third-order valence-corrected chi connectivity index (χ3v) is 6.55. The van der Waals surface area contributed by atoms with Crippen LogP contribution in [-0.4, -0.2) is 59.9 Å². The maximum Gasteiger partial charge on any atom is 0.228 e. The molecule has 2 saturated carbocycles. The highest BCUT2D eigenvalue weighted by atomic mass is 16.5. The van der Waals surface area contributed by atoms with Gasteiger partial charge in [0.05, 0.1) is 29.8 Å². The molecule has 26 heavy (non-hydrogen) atoms. The van der Waals surface area contributed by atoms with E-state index in [4.69, 9.17) is 9.47 Å². The molecule has 0 radical (unpaired) electrons. The average molecular weight is 358 g/mol. The third kappa shape index (κ3) is 2.77. The molecule has 1 N–H and O–H groups in total. The largest absolute Gasteiger partial charge is 0.377 e. The lowest BCUT2D eigenvalue weighted by Gasteiger charge is -2.51. The standard InChI is InChI=1S/C19H26N4O3/c24-16(18-6-3-14(9-18)25-13-18)22-10-15-11-23(17-20-7-2-8-21-17)12-19(26-15)4-1-5-19/h2,7-8,14-15H,1,3-6,9-13H2,(H,22,24). The lowest BCUT2D eigenvalue weighted by Crippen LogP contribution is -2.61. The molecular formula is C19H26N4O3. The van der Waals surface area contributed by atoms with Crippen LogP contribution in [0.4, 0.5) is 5.95 Å². The van der Waals surface area contributed by atoms with E-state index in [0.717, 1.165) is 44.6 Å². The number of carbonyl (C=O) groups excluding carboxylic acids is 1. The lowest BCUT2D eigenvalue weighted by molar-refractivity contribution is -0.151. The fourth-order valence-electron chi connectivity index (χ4n) is 4.94. The van der Waals surface area contributed by atoms with Gasteiger partial charge in [-0.25, -0.2) is 9.97 Å². The van der Waals surface area contributed by atoms with Crippen molar-refractivity contribution in [3.63, 3.8) is 0 Å². The summed E-state index contributed by atoms with van der Waals surface area (Å²) in [4.78, 5) is 23.8. The lowest BCUT2D eigenvalue weighted by atomic mass is 9.78. The Labute approximate surface area is 153 Å². The Morgan fingerprint density at radius 3 is 2.77 bits per heavy atom. The molecule has 7 heteroatoms. The van der Waals surface area contributed by atoms with E-state index >= 15 is 0 Å². The van der Waals surface area contributed by atoms with Gasteiger partial charge in [-0.05, 0) is 44.6 Å². The molecule has 4 fully saturated rings. The highest BCUT2D eigenvalue weighted by Gasteiger charge is 2.52. The van der Waals surface area contributed by atoms with Gasteiger partial charge < -0.3 is 19.7 Å². The molecule has 140 valence electrons. The molecule has 2 bridgehead atoms. The van der Waals surface area contributed by atoms with E-state index in [0.29, 0.717) is 19.7 Å². The van der Waals surface area contributed by atoms with Crippen molar-refractivity contribution in [2.24, 2.45) is 5.41 Å². The molecule has 7 nitrogen and oxygen atoms in total. The average Bonchev–Trinajstić information content (AvgIpc) is 3.28. The van der Waals surface area contributed by atoms with Crippen LogP contribution in [0.2, 0.25) is 0 Å². The minimum absolute atomic E-state index is 0.0345. The van der Waals surface area contributed by atoms with Crippen molar-refractivity contribution in [3.05, 3.63) is 18.5 Å².